The summed E-state index contributed by atoms with van der Waals surface area (Å²) in [5.74, 6) is -0.420. The van der Waals surface area contributed by atoms with E-state index in [1.807, 2.05) is 6.07 Å². The quantitative estimate of drug-likeness (QED) is 0.301. The SMILES string of the molecule is Cc1c(N2C(=O)N(CCCOc3ccc(-c4ccncc4)c(F)c3)C(C)(C)C2=O)ccc(C#N)c1Cl. The van der Waals surface area contributed by atoms with Crippen molar-refractivity contribution in [1.29, 1.82) is 5.26 Å². The van der Waals surface area contributed by atoms with E-state index < -0.39 is 17.4 Å². The first kappa shape index (κ1) is 25.1. The Kier molecular flexibility index (Phi) is 6.95. The molecule has 36 heavy (non-hydrogen) atoms. The van der Waals surface area contributed by atoms with Gasteiger partial charge in [-0.1, -0.05) is 11.6 Å². The van der Waals surface area contributed by atoms with Crippen LogP contribution in [0.25, 0.3) is 11.1 Å². The lowest BCUT2D eigenvalue weighted by atomic mass is 10.0. The summed E-state index contributed by atoms with van der Waals surface area (Å²) in [7, 11) is 0. The second-order valence-corrected chi connectivity index (χ2v) is 9.27. The van der Waals surface area contributed by atoms with Crippen LogP contribution in [-0.2, 0) is 4.79 Å². The third-order valence-corrected chi connectivity index (χ3v) is 6.76. The van der Waals surface area contributed by atoms with Crippen LogP contribution in [0.1, 0.15) is 31.4 Å². The minimum atomic E-state index is -1.08. The minimum absolute atomic E-state index is 0.211. The number of carbonyl (C=O) groups is 2. The van der Waals surface area contributed by atoms with Gasteiger partial charge < -0.3 is 9.64 Å². The van der Waals surface area contributed by atoms with Crippen LogP contribution in [0.5, 0.6) is 5.75 Å². The maximum Gasteiger partial charge on any atom is 0.332 e. The van der Waals surface area contributed by atoms with E-state index in [-0.39, 0.29) is 29.6 Å². The van der Waals surface area contributed by atoms with Crippen molar-refractivity contribution < 1.29 is 18.7 Å². The van der Waals surface area contributed by atoms with Crippen LogP contribution >= 0.6 is 11.6 Å². The minimum Gasteiger partial charge on any atom is -0.493 e. The molecule has 2 aromatic carbocycles. The summed E-state index contributed by atoms with van der Waals surface area (Å²) in [6.45, 7) is 5.52. The highest BCUT2D eigenvalue weighted by Gasteiger charge is 2.51. The summed E-state index contributed by atoms with van der Waals surface area (Å²) in [5.41, 5.74) is 1.20. The molecule has 4 rings (SSSR count). The fraction of sp³-hybridized carbons (Fsp3) is 0.259. The Morgan fingerprint density at radius 2 is 1.86 bits per heavy atom. The zero-order chi connectivity index (χ0) is 26.0. The average molecular weight is 507 g/mol. The number of rotatable bonds is 7. The predicted molar refractivity (Wildman–Crippen MR) is 134 cm³/mol. The van der Waals surface area contributed by atoms with Gasteiger partial charge in [-0.25, -0.2) is 14.1 Å². The predicted octanol–water partition coefficient (Wildman–Crippen LogP) is 5.74. The maximum atomic E-state index is 14.6. The lowest BCUT2D eigenvalue weighted by Crippen LogP contribution is -2.44. The highest BCUT2D eigenvalue weighted by Crippen LogP contribution is 2.37. The third kappa shape index (κ3) is 4.50. The van der Waals surface area contributed by atoms with Crippen LogP contribution < -0.4 is 9.64 Å². The van der Waals surface area contributed by atoms with Gasteiger partial charge in [-0.15, -0.1) is 0 Å². The zero-order valence-electron chi connectivity index (χ0n) is 20.1. The summed E-state index contributed by atoms with van der Waals surface area (Å²) < 4.78 is 20.3. The van der Waals surface area contributed by atoms with Crippen molar-refractivity contribution in [2.45, 2.75) is 32.7 Å². The van der Waals surface area contributed by atoms with Crippen molar-refractivity contribution in [3.8, 4) is 22.9 Å². The maximum absolute atomic E-state index is 14.6. The number of halogens is 2. The summed E-state index contributed by atoms with van der Waals surface area (Å²) in [5, 5.41) is 9.40. The molecule has 0 radical (unpaired) electrons. The molecule has 0 spiro atoms. The Balaban J connectivity index is 1.42. The molecule has 3 aromatic rings. The number of urea groups is 1. The molecule has 1 aliphatic rings. The van der Waals surface area contributed by atoms with E-state index in [4.69, 9.17) is 16.3 Å². The molecule has 0 bridgehead atoms. The fourth-order valence-corrected chi connectivity index (χ4v) is 4.39. The highest BCUT2D eigenvalue weighted by atomic mass is 35.5. The second-order valence-electron chi connectivity index (χ2n) is 8.90. The number of nitriles is 1. The topological polar surface area (TPSA) is 86.5 Å². The van der Waals surface area contributed by atoms with E-state index >= 15 is 0 Å². The summed E-state index contributed by atoms with van der Waals surface area (Å²) in [4.78, 5) is 33.0. The number of amides is 3. The van der Waals surface area contributed by atoms with Gasteiger partial charge in [0.2, 0.25) is 0 Å². The summed E-state index contributed by atoms with van der Waals surface area (Å²) in [6.07, 6.45) is 3.63. The Morgan fingerprint density at radius 3 is 2.53 bits per heavy atom. The number of carbonyl (C=O) groups excluding carboxylic acids is 2. The van der Waals surface area contributed by atoms with E-state index in [1.165, 1.54) is 17.0 Å². The number of pyridine rings is 1. The Bertz CT molecular complexity index is 1370. The Morgan fingerprint density at radius 1 is 1.14 bits per heavy atom. The molecule has 1 aromatic heterocycles. The number of benzene rings is 2. The number of imide groups is 1. The first-order valence-electron chi connectivity index (χ1n) is 11.3. The first-order chi connectivity index (χ1) is 17.2. The van der Waals surface area contributed by atoms with Gasteiger partial charge in [-0.2, -0.15) is 5.26 Å². The van der Waals surface area contributed by atoms with Gasteiger partial charge in [0.25, 0.3) is 5.91 Å². The van der Waals surface area contributed by atoms with Gasteiger partial charge >= 0.3 is 6.03 Å². The zero-order valence-corrected chi connectivity index (χ0v) is 20.8. The van der Waals surface area contributed by atoms with Crippen molar-refractivity contribution >= 4 is 29.2 Å². The van der Waals surface area contributed by atoms with Gasteiger partial charge in [0.15, 0.2) is 0 Å². The summed E-state index contributed by atoms with van der Waals surface area (Å²) >= 11 is 6.26. The summed E-state index contributed by atoms with van der Waals surface area (Å²) in [6, 6.07) is 12.7. The second kappa shape index (κ2) is 9.96. The molecule has 2 heterocycles. The largest absolute Gasteiger partial charge is 0.493 e. The molecule has 0 N–H and O–H groups in total. The van der Waals surface area contributed by atoms with Crippen molar-refractivity contribution in [1.82, 2.24) is 9.88 Å². The molecule has 184 valence electrons. The normalized spacial score (nSPS) is 14.8. The van der Waals surface area contributed by atoms with E-state index in [2.05, 4.69) is 4.98 Å². The lowest BCUT2D eigenvalue weighted by Gasteiger charge is -2.27. The Hall–Kier alpha value is -3.96. The van der Waals surface area contributed by atoms with Crippen molar-refractivity contribution in [3.05, 3.63) is 76.8 Å². The molecule has 1 fully saturated rings. The molecular formula is C27H24ClFN4O3. The van der Waals surface area contributed by atoms with E-state index in [1.54, 1.807) is 63.5 Å². The van der Waals surface area contributed by atoms with Crippen LogP contribution in [0.15, 0.2) is 54.9 Å². The van der Waals surface area contributed by atoms with Gasteiger partial charge in [0.05, 0.1) is 22.9 Å². The monoisotopic (exact) mass is 506 g/mol. The molecule has 0 saturated carbocycles. The van der Waals surface area contributed by atoms with Crippen LogP contribution in [0.3, 0.4) is 0 Å². The molecule has 1 saturated heterocycles. The molecule has 0 unspecified atom stereocenters. The number of aromatic nitrogens is 1. The Labute approximate surface area is 213 Å². The standard InChI is InChI=1S/C27H24ClFN4O3/c1-17-23(8-5-19(16-30)24(17)28)33-25(34)27(2,3)32(26(33)35)13-4-14-36-20-6-7-21(22(29)15-20)18-9-11-31-12-10-18/h5-12,15H,4,13-14H2,1-3H3. The lowest BCUT2D eigenvalue weighted by molar-refractivity contribution is -0.123. The first-order valence-corrected chi connectivity index (χ1v) is 11.7. The number of ether oxygens (including phenoxy) is 1. The smallest absolute Gasteiger partial charge is 0.332 e. The van der Waals surface area contributed by atoms with Crippen LogP contribution in [0, 0.1) is 24.1 Å². The van der Waals surface area contributed by atoms with Crippen molar-refractivity contribution in [3.63, 3.8) is 0 Å². The van der Waals surface area contributed by atoms with Gasteiger partial charge in [0.1, 0.15) is 23.2 Å². The van der Waals surface area contributed by atoms with Gasteiger partial charge in [-0.3, -0.25) is 9.78 Å². The number of hydrogen-bond acceptors (Lipinski definition) is 5. The van der Waals surface area contributed by atoms with Crippen molar-refractivity contribution in [2.24, 2.45) is 0 Å². The molecular weight excluding hydrogens is 483 g/mol. The van der Waals surface area contributed by atoms with Gasteiger partial charge in [0, 0.05) is 30.6 Å². The number of nitrogens with zero attached hydrogens (tertiary/aromatic N) is 4. The highest BCUT2D eigenvalue weighted by molar-refractivity contribution is 6.33. The number of anilines is 1. The van der Waals surface area contributed by atoms with Crippen LogP contribution in [0.2, 0.25) is 5.02 Å². The van der Waals surface area contributed by atoms with Crippen LogP contribution in [0.4, 0.5) is 14.9 Å². The third-order valence-electron chi connectivity index (χ3n) is 6.27. The molecule has 0 atom stereocenters. The van der Waals surface area contributed by atoms with Gasteiger partial charge in [-0.05, 0) is 74.7 Å². The molecule has 9 heteroatoms. The number of hydrogen-bond donors (Lipinski definition) is 0. The average Bonchev–Trinajstić information content (AvgIpc) is 3.03. The van der Waals surface area contributed by atoms with Crippen LogP contribution in [-0.4, -0.2) is 40.5 Å². The molecule has 1 aliphatic heterocycles. The van der Waals surface area contributed by atoms with E-state index in [9.17, 15) is 19.2 Å². The van der Waals surface area contributed by atoms with Crippen molar-refractivity contribution in [2.75, 3.05) is 18.1 Å². The van der Waals surface area contributed by atoms with E-state index in [0.717, 1.165) is 10.5 Å². The molecule has 3 amide bonds. The van der Waals surface area contributed by atoms with E-state index in [0.29, 0.717) is 29.0 Å². The molecule has 7 nitrogen and oxygen atoms in total. The molecule has 0 aliphatic carbocycles. The fourth-order valence-electron chi connectivity index (χ4n) is 4.19.